The van der Waals surface area contributed by atoms with E-state index >= 15 is 0 Å². The summed E-state index contributed by atoms with van der Waals surface area (Å²) < 4.78 is 0. The molecule has 0 bridgehead atoms. The smallest absolute Gasteiger partial charge is 0.320 e. The molecule has 0 aliphatic heterocycles. The number of hydrogen-bond acceptors (Lipinski definition) is 3. The zero-order valence-electron chi connectivity index (χ0n) is 11.2. The van der Waals surface area contributed by atoms with Gasteiger partial charge in [-0.05, 0) is 20.8 Å². The molecule has 18 heavy (non-hydrogen) atoms. The lowest BCUT2D eigenvalue weighted by molar-refractivity contribution is -0.137. The lowest BCUT2D eigenvalue weighted by Gasteiger charge is -2.32. The minimum atomic E-state index is -0.923. The second kappa shape index (κ2) is 8.34. The number of urea groups is 1. The molecule has 0 rings (SSSR count). The summed E-state index contributed by atoms with van der Waals surface area (Å²) in [6.07, 6.45) is 0.212. The summed E-state index contributed by atoms with van der Waals surface area (Å²) >= 11 is 0. The van der Waals surface area contributed by atoms with Crippen molar-refractivity contribution < 1.29 is 14.7 Å². The Morgan fingerprint density at radius 1 is 1.33 bits per heavy atom. The third kappa shape index (κ3) is 5.53. The molecule has 0 aliphatic rings. The highest BCUT2D eigenvalue weighted by atomic mass is 16.4. The van der Waals surface area contributed by atoms with Gasteiger partial charge in [0.25, 0.3) is 0 Å². The minimum absolute atomic E-state index is 0.0621. The number of carboxylic acids is 1. The topological polar surface area (TPSA) is 84.6 Å². The van der Waals surface area contributed by atoms with Crippen LogP contribution in [0.3, 0.4) is 0 Å². The molecule has 6 nitrogen and oxygen atoms in total. The Balaban J connectivity index is 4.61. The van der Waals surface area contributed by atoms with Gasteiger partial charge in [0.2, 0.25) is 0 Å². The highest BCUT2D eigenvalue weighted by Crippen LogP contribution is 2.06. The minimum Gasteiger partial charge on any atom is -0.481 e. The zero-order chi connectivity index (χ0) is 14.1. The molecule has 102 valence electrons. The molecule has 0 fully saturated rings. The summed E-state index contributed by atoms with van der Waals surface area (Å²) in [5.74, 6) is -0.923. The molecule has 0 saturated carbocycles. The second-order valence-corrected chi connectivity index (χ2v) is 4.20. The van der Waals surface area contributed by atoms with Crippen molar-refractivity contribution in [2.45, 2.75) is 39.7 Å². The van der Waals surface area contributed by atoms with Gasteiger partial charge in [-0.2, -0.15) is 5.26 Å². The van der Waals surface area contributed by atoms with Gasteiger partial charge in [-0.25, -0.2) is 4.79 Å². The molecule has 0 radical (unpaired) electrons. The fourth-order valence-electron chi connectivity index (χ4n) is 1.55. The predicted molar refractivity (Wildman–Crippen MR) is 67.0 cm³/mol. The third-order valence-corrected chi connectivity index (χ3v) is 2.58. The molecule has 6 heteroatoms. The van der Waals surface area contributed by atoms with Gasteiger partial charge in [0.05, 0.1) is 18.9 Å². The number of aliphatic carboxylic acids is 1. The Morgan fingerprint density at radius 2 is 1.94 bits per heavy atom. The van der Waals surface area contributed by atoms with Crippen LogP contribution in [0.2, 0.25) is 0 Å². The Kier molecular flexibility index (Phi) is 7.52. The lowest BCUT2D eigenvalue weighted by Crippen LogP contribution is -2.47. The monoisotopic (exact) mass is 255 g/mol. The van der Waals surface area contributed by atoms with Crippen LogP contribution >= 0.6 is 0 Å². The van der Waals surface area contributed by atoms with Gasteiger partial charge >= 0.3 is 12.0 Å². The van der Waals surface area contributed by atoms with E-state index in [1.807, 2.05) is 26.8 Å². The van der Waals surface area contributed by atoms with Gasteiger partial charge in [-0.15, -0.1) is 0 Å². The van der Waals surface area contributed by atoms with E-state index in [2.05, 4.69) is 0 Å². The number of rotatable bonds is 7. The van der Waals surface area contributed by atoms with Crippen LogP contribution in [0.25, 0.3) is 0 Å². The van der Waals surface area contributed by atoms with Gasteiger partial charge < -0.3 is 14.9 Å². The van der Waals surface area contributed by atoms with Gasteiger partial charge in [0.1, 0.15) is 0 Å². The normalized spacial score (nSPS) is 9.94. The van der Waals surface area contributed by atoms with E-state index in [9.17, 15) is 9.59 Å². The summed E-state index contributed by atoms with van der Waals surface area (Å²) in [5.41, 5.74) is 0. The fraction of sp³-hybridized carbons (Fsp3) is 0.750. The predicted octanol–water partition coefficient (Wildman–Crippen LogP) is 1.53. The van der Waals surface area contributed by atoms with Crippen LogP contribution in [0.4, 0.5) is 4.79 Å². The molecule has 2 amide bonds. The van der Waals surface area contributed by atoms with Crippen molar-refractivity contribution in [3.8, 4) is 6.07 Å². The summed E-state index contributed by atoms with van der Waals surface area (Å²) in [6.45, 7) is 6.61. The highest BCUT2D eigenvalue weighted by molar-refractivity contribution is 5.75. The van der Waals surface area contributed by atoms with E-state index in [0.29, 0.717) is 13.1 Å². The van der Waals surface area contributed by atoms with E-state index in [4.69, 9.17) is 10.4 Å². The second-order valence-electron chi connectivity index (χ2n) is 4.20. The molecule has 0 aliphatic carbocycles. The molecular formula is C12H21N3O3. The van der Waals surface area contributed by atoms with Crippen molar-refractivity contribution >= 4 is 12.0 Å². The molecule has 0 saturated heterocycles. The lowest BCUT2D eigenvalue weighted by atomic mass is 10.3. The Labute approximate surface area is 108 Å². The first-order valence-corrected chi connectivity index (χ1v) is 6.08. The van der Waals surface area contributed by atoms with Gasteiger partial charge in [-0.3, -0.25) is 4.79 Å². The molecular weight excluding hydrogens is 234 g/mol. The quantitative estimate of drug-likeness (QED) is 0.747. The average Bonchev–Trinajstić information content (AvgIpc) is 2.29. The molecule has 0 aromatic carbocycles. The van der Waals surface area contributed by atoms with Crippen LogP contribution in [-0.4, -0.2) is 52.6 Å². The summed E-state index contributed by atoms with van der Waals surface area (Å²) in [5, 5.41) is 17.2. The average molecular weight is 255 g/mol. The summed E-state index contributed by atoms with van der Waals surface area (Å²) in [7, 11) is 0. The van der Waals surface area contributed by atoms with Gasteiger partial charge in [-0.1, -0.05) is 0 Å². The summed E-state index contributed by atoms with van der Waals surface area (Å²) in [6, 6.07) is 1.73. The first-order valence-electron chi connectivity index (χ1n) is 6.08. The van der Waals surface area contributed by atoms with Crippen LogP contribution in [-0.2, 0) is 4.79 Å². The molecule has 1 N–H and O–H groups in total. The van der Waals surface area contributed by atoms with E-state index in [1.54, 1.807) is 4.90 Å². The number of carbonyl (C=O) groups excluding carboxylic acids is 1. The fourth-order valence-corrected chi connectivity index (χ4v) is 1.55. The van der Waals surface area contributed by atoms with Crippen LogP contribution in [0, 0.1) is 11.3 Å². The van der Waals surface area contributed by atoms with E-state index in [-0.39, 0.29) is 31.5 Å². The largest absolute Gasteiger partial charge is 0.481 e. The maximum Gasteiger partial charge on any atom is 0.320 e. The van der Waals surface area contributed by atoms with Crippen molar-refractivity contribution in [1.82, 2.24) is 9.80 Å². The van der Waals surface area contributed by atoms with Crippen LogP contribution in [0.1, 0.15) is 33.6 Å². The van der Waals surface area contributed by atoms with Crippen molar-refractivity contribution in [2.75, 3.05) is 19.6 Å². The number of nitriles is 1. The van der Waals surface area contributed by atoms with E-state index in [0.717, 1.165) is 0 Å². The van der Waals surface area contributed by atoms with Crippen LogP contribution in [0.5, 0.6) is 0 Å². The SMILES string of the molecule is CCN(CCC#N)C(=O)N(CCC(=O)O)C(C)C. The first kappa shape index (κ1) is 16.2. The van der Waals surface area contributed by atoms with Crippen molar-refractivity contribution in [3.63, 3.8) is 0 Å². The zero-order valence-corrected chi connectivity index (χ0v) is 11.2. The number of carboxylic acid groups (broad SMARTS) is 1. The first-order chi connectivity index (χ1) is 8.43. The van der Waals surface area contributed by atoms with Crippen LogP contribution < -0.4 is 0 Å². The summed E-state index contributed by atoms with van der Waals surface area (Å²) in [4.78, 5) is 25.8. The number of nitrogens with zero attached hydrogens (tertiary/aromatic N) is 3. The Bertz CT molecular complexity index is 323. The van der Waals surface area contributed by atoms with Crippen molar-refractivity contribution in [2.24, 2.45) is 0 Å². The molecule has 0 heterocycles. The van der Waals surface area contributed by atoms with E-state index in [1.165, 1.54) is 4.90 Å². The van der Waals surface area contributed by atoms with Crippen molar-refractivity contribution in [1.29, 1.82) is 5.26 Å². The molecule has 0 spiro atoms. The number of hydrogen-bond donors (Lipinski definition) is 1. The van der Waals surface area contributed by atoms with Crippen LogP contribution in [0.15, 0.2) is 0 Å². The molecule has 0 aromatic rings. The third-order valence-electron chi connectivity index (χ3n) is 2.58. The maximum atomic E-state index is 12.2. The van der Waals surface area contributed by atoms with Gasteiger partial charge in [0, 0.05) is 25.7 Å². The molecule has 0 aromatic heterocycles. The Hall–Kier alpha value is -1.77. The van der Waals surface area contributed by atoms with E-state index < -0.39 is 5.97 Å². The highest BCUT2D eigenvalue weighted by Gasteiger charge is 2.22. The molecule has 0 unspecified atom stereocenters. The Morgan fingerprint density at radius 3 is 2.33 bits per heavy atom. The number of carbonyl (C=O) groups is 2. The van der Waals surface area contributed by atoms with Gasteiger partial charge in [0.15, 0.2) is 0 Å². The standard InChI is InChI=1S/C12H21N3O3/c1-4-14(8-5-7-13)12(18)15(10(2)3)9-6-11(16)17/h10H,4-6,8-9H2,1-3H3,(H,16,17). The maximum absolute atomic E-state index is 12.2. The molecule has 0 atom stereocenters. The number of amides is 2. The van der Waals surface area contributed by atoms with Crippen molar-refractivity contribution in [3.05, 3.63) is 0 Å².